The average molecular weight is 256 g/mol. The van der Waals surface area contributed by atoms with Gasteiger partial charge in [0.2, 0.25) is 0 Å². The highest BCUT2D eigenvalue weighted by Crippen LogP contribution is 2.23. The average Bonchev–Trinajstić information content (AvgIpc) is 2.29. The number of pyridine rings is 1. The molecule has 0 amide bonds. The molecule has 0 bridgehead atoms. The van der Waals surface area contributed by atoms with Crippen molar-refractivity contribution in [3.05, 3.63) is 22.8 Å². The molecule has 3 nitrogen and oxygen atoms in total. The van der Waals surface area contributed by atoms with E-state index in [4.69, 9.17) is 11.6 Å². The fraction of sp³-hybridized carbons (Fsp3) is 0.615. The Bertz CT molecular complexity index is 341. The largest absolute Gasteiger partial charge is 0.358 e. The molecule has 0 aromatic carbocycles. The molecule has 0 fully saturated rings. The van der Waals surface area contributed by atoms with Gasteiger partial charge >= 0.3 is 0 Å². The minimum Gasteiger partial charge on any atom is -0.358 e. The molecule has 1 N–H and O–H groups in total. The summed E-state index contributed by atoms with van der Waals surface area (Å²) in [7, 11) is 3.96. The summed E-state index contributed by atoms with van der Waals surface area (Å²) in [6, 6.07) is 1.98. The molecular weight excluding hydrogens is 234 g/mol. The quantitative estimate of drug-likeness (QED) is 0.759. The van der Waals surface area contributed by atoms with Crippen LogP contribution in [0.25, 0.3) is 0 Å². The van der Waals surface area contributed by atoms with Gasteiger partial charge in [0.05, 0.1) is 5.02 Å². The lowest BCUT2D eigenvalue weighted by atomic mass is 10.2. The van der Waals surface area contributed by atoms with Crippen molar-refractivity contribution in [1.82, 2.24) is 10.3 Å². The van der Waals surface area contributed by atoms with Crippen molar-refractivity contribution >= 4 is 17.4 Å². The summed E-state index contributed by atoms with van der Waals surface area (Å²) in [5.41, 5.74) is 1.11. The molecule has 17 heavy (non-hydrogen) atoms. The lowest BCUT2D eigenvalue weighted by Crippen LogP contribution is -2.20. The zero-order chi connectivity index (χ0) is 12.7. The first kappa shape index (κ1) is 14.3. The van der Waals surface area contributed by atoms with E-state index in [1.807, 2.05) is 26.4 Å². The normalized spacial score (nSPS) is 10.6. The monoisotopic (exact) mass is 255 g/mol. The van der Waals surface area contributed by atoms with Gasteiger partial charge in [0.25, 0.3) is 0 Å². The fourth-order valence-electron chi connectivity index (χ4n) is 1.76. The Morgan fingerprint density at radius 3 is 2.76 bits per heavy atom. The van der Waals surface area contributed by atoms with Gasteiger partial charge in [0, 0.05) is 26.3 Å². The van der Waals surface area contributed by atoms with Crippen LogP contribution in [-0.4, -0.2) is 25.6 Å². The molecule has 96 valence electrons. The SMILES string of the molecule is CCCCCN(C)c1ncc(CNC)cc1Cl. The predicted octanol–water partition coefficient (Wildman–Crippen LogP) is 3.08. The van der Waals surface area contributed by atoms with Gasteiger partial charge in [-0.25, -0.2) is 4.98 Å². The standard InChI is InChI=1S/C13H22ClN3/c1-4-5-6-7-17(3)13-12(14)8-11(9-15-2)10-16-13/h8,10,15H,4-7,9H2,1-3H3. The smallest absolute Gasteiger partial charge is 0.147 e. The highest BCUT2D eigenvalue weighted by molar-refractivity contribution is 6.33. The maximum atomic E-state index is 6.24. The number of hydrogen-bond donors (Lipinski definition) is 1. The summed E-state index contributed by atoms with van der Waals surface area (Å²) in [6.45, 7) is 4.01. The molecule has 0 unspecified atom stereocenters. The van der Waals surface area contributed by atoms with Crippen molar-refractivity contribution in [2.24, 2.45) is 0 Å². The number of nitrogens with zero attached hydrogens (tertiary/aromatic N) is 2. The van der Waals surface area contributed by atoms with Crippen molar-refractivity contribution in [3.8, 4) is 0 Å². The number of halogens is 1. The van der Waals surface area contributed by atoms with E-state index in [2.05, 4.69) is 22.1 Å². The maximum absolute atomic E-state index is 6.24. The molecule has 0 saturated carbocycles. The molecule has 0 atom stereocenters. The minimum absolute atomic E-state index is 0.733. The van der Waals surface area contributed by atoms with Gasteiger partial charge in [-0.05, 0) is 25.1 Å². The first-order valence-electron chi connectivity index (χ1n) is 6.19. The third kappa shape index (κ3) is 4.52. The molecule has 1 aromatic rings. The molecule has 4 heteroatoms. The second-order valence-corrected chi connectivity index (χ2v) is 4.72. The number of unbranched alkanes of at least 4 members (excludes halogenated alkanes) is 2. The van der Waals surface area contributed by atoms with E-state index in [9.17, 15) is 0 Å². The molecule has 0 radical (unpaired) electrons. The molecule has 0 spiro atoms. The van der Waals surface area contributed by atoms with Crippen LogP contribution in [0, 0.1) is 0 Å². The van der Waals surface area contributed by atoms with E-state index < -0.39 is 0 Å². The highest BCUT2D eigenvalue weighted by Gasteiger charge is 2.08. The van der Waals surface area contributed by atoms with Crippen molar-refractivity contribution in [1.29, 1.82) is 0 Å². The van der Waals surface area contributed by atoms with Crippen molar-refractivity contribution < 1.29 is 0 Å². The lowest BCUT2D eigenvalue weighted by molar-refractivity contribution is 0.701. The molecule has 0 aliphatic carbocycles. The first-order chi connectivity index (χ1) is 8.19. The number of nitrogens with one attached hydrogen (secondary N) is 1. The number of aromatic nitrogens is 1. The number of rotatable bonds is 7. The molecule has 0 aliphatic rings. The van der Waals surface area contributed by atoms with Gasteiger partial charge in [-0.3, -0.25) is 0 Å². The second kappa shape index (κ2) is 7.51. The number of hydrogen-bond acceptors (Lipinski definition) is 3. The van der Waals surface area contributed by atoms with Crippen LogP contribution in [0.15, 0.2) is 12.3 Å². The van der Waals surface area contributed by atoms with Crippen LogP contribution >= 0.6 is 11.6 Å². The third-order valence-electron chi connectivity index (χ3n) is 2.72. The molecule has 0 aliphatic heterocycles. The molecular formula is C13H22ClN3. The van der Waals surface area contributed by atoms with Crippen LogP contribution in [-0.2, 0) is 6.54 Å². The van der Waals surface area contributed by atoms with Crippen LogP contribution in [0.3, 0.4) is 0 Å². The van der Waals surface area contributed by atoms with Crippen molar-refractivity contribution in [2.75, 3.05) is 25.5 Å². The molecule has 1 rings (SSSR count). The Morgan fingerprint density at radius 2 is 2.18 bits per heavy atom. The van der Waals surface area contributed by atoms with Gasteiger partial charge in [-0.2, -0.15) is 0 Å². The summed E-state index contributed by atoms with van der Waals surface area (Å²) >= 11 is 6.24. The molecule has 0 saturated heterocycles. The molecule has 1 heterocycles. The highest BCUT2D eigenvalue weighted by atomic mass is 35.5. The summed E-state index contributed by atoms with van der Waals surface area (Å²) in [4.78, 5) is 6.56. The first-order valence-corrected chi connectivity index (χ1v) is 6.57. The summed E-state index contributed by atoms with van der Waals surface area (Å²) in [6.07, 6.45) is 5.55. The maximum Gasteiger partial charge on any atom is 0.147 e. The second-order valence-electron chi connectivity index (χ2n) is 4.31. The Morgan fingerprint density at radius 1 is 1.41 bits per heavy atom. The van der Waals surface area contributed by atoms with Crippen LogP contribution in [0.2, 0.25) is 5.02 Å². The third-order valence-corrected chi connectivity index (χ3v) is 3.00. The van der Waals surface area contributed by atoms with Gasteiger partial charge in [0.1, 0.15) is 5.82 Å². The van der Waals surface area contributed by atoms with Crippen LogP contribution in [0.1, 0.15) is 31.7 Å². The van der Waals surface area contributed by atoms with Gasteiger partial charge in [-0.1, -0.05) is 31.4 Å². The van der Waals surface area contributed by atoms with Crippen molar-refractivity contribution in [3.63, 3.8) is 0 Å². The Hall–Kier alpha value is -0.800. The van der Waals surface area contributed by atoms with Crippen LogP contribution < -0.4 is 10.2 Å². The van der Waals surface area contributed by atoms with E-state index in [0.29, 0.717) is 0 Å². The number of anilines is 1. The zero-order valence-corrected chi connectivity index (χ0v) is 11.7. The summed E-state index contributed by atoms with van der Waals surface area (Å²) in [5.74, 6) is 0.877. The Balaban J connectivity index is 2.63. The van der Waals surface area contributed by atoms with Gasteiger partial charge in [-0.15, -0.1) is 0 Å². The fourth-order valence-corrected chi connectivity index (χ4v) is 2.09. The van der Waals surface area contributed by atoms with E-state index >= 15 is 0 Å². The van der Waals surface area contributed by atoms with Crippen LogP contribution in [0.4, 0.5) is 5.82 Å². The topological polar surface area (TPSA) is 28.2 Å². The van der Waals surface area contributed by atoms with Crippen LogP contribution in [0.5, 0.6) is 0 Å². The van der Waals surface area contributed by atoms with E-state index in [-0.39, 0.29) is 0 Å². The van der Waals surface area contributed by atoms with Gasteiger partial charge < -0.3 is 10.2 Å². The van der Waals surface area contributed by atoms with E-state index in [1.165, 1.54) is 19.3 Å². The summed E-state index contributed by atoms with van der Waals surface area (Å²) in [5, 5.41) is 3.82. The summed E-state index contributed by atoms with van der Waals surface area (Å²) < 4.78 is 0. The molecule has 1 aromatic heterocycles. The van der Waals surface area contributed by atoms with Crippen molar-refractivity contribution in [2.45, 2.75) is 32.7 Å². The Labute approximate surface area is 109 Å². The van der Waals surface area contributed by atoms with Gasteiger partial charge in [0.15, 0.2) is 0 Å². The zero-order valence-electron chi connectivity index (χ0n) is 11.0. The lowest BCUT2D eigenvalue weighted by Gasteiger charge is -2.19. The minimum atomic E-state index is 0.733. The predicted molar refractivity (Wildman–Crippen MR) is 74.8 cm³/mol. The van der Waals surface area contributed by atoms with E-state index in [0.717, 1.165) is 29.5 Å². The Kier molecular flexibility index (Phi) is 6.30. The van der Waals surface area contributed by atoms with E-state index in [1.54, 1.807) is 0 Å².